The van der Waals surface area contributed by atoms with E-state index in [4.69, 9.17) is 27.6 Å². The minimum Gasteiger partial charge on any atom is -0.458 e. The zero-order valence-corrected chi connectivity index (χ0v) is 15.9. The summed E-state index contributed by atoms with van der Waals surface area (Å²) >= 11 is 12.0. The number of furan rings is 1. The van der Waals surface area contributed by atoms with E-state index in [1.165, 1.54) is 12.1 Å². The van der Waals surface area contributed by atoms with Gasteiger partial charge in [-0.25, -0.2) is 0 Å². The maximum Gasteiger partial charge on any atom is 0.301 e. The Hall–Kier alpha value is -2.31. The average Bonchev–Trinajstić information content (AvgIpc) is 3.23. The predicted octanol–water partition coefficient (Wildman–Crippen LogP) is 6.11. The molecular weight excluding hydrogens is 395 g/mol. The molecule has 27 heavy (non-hydrogen) atoms. The number of benzene rings is 1. The van der Waals surface area contributed by atoms with Crippen molar-refractivity contribution < 1.29 is 13.2 Å². The molecule has 0 amide bonds. The fourth-order valence-electron chi connectivity index (χ4n) is 2.40. The zero-order chi connectivity index (χ0) is 19.4. The van der Waals surface area contributed by atoms with E-state index < -0.39 is 5.92 Å². The first kappa shape index (κ1) is 19.5. The molecule has 0 aliphatic rings. The van der Waals surface area contributed by atoms with Crippen LogP contribution < -0.4 is 5.32 Å². The average molecular weight is 412 g/mol. The summed E-state index contributed by atoms with van der Waals surface area (Å²) in [6.45, 7) is 1.07. The van der Waals surface area contributed by atoms with Gasteiger partial charge in [0.25, 0.3) is 0 Å². The molecule has 0 bridgehead atoms. The lowest BCUT2D eigenvalue weighted by molar-refractivity contribution is -0.00636. The van der Waals surface area contributed by atoms with Crippen LogP contribution >= 0.6 is 23.2 Å². The summed E-state index contributed by atoms with van der Waals surface area (Å²) in [7, 11) is 0. The fraction of sp³-hybridized carbons (Fsp3) is 0.211. The minimum atomic E-state index is -2.99. The second kappa shape index (κ2) is 8.15. The number of hydrogen-bond acceptors (Lipinski definition) is 3. The van der Waals surface area contributed by atoms with Crippen molar-refractivity contribution in [2.75, 3.05) is 5.32 Å². The number of nitrogens with one attached hydrogen (secondary N) is 1. The number of anilines is 1. The van der Waals surface area contributed by atoms with Crippen molar-refractivity contribution in [2.45, 2.75) is 25.8 Å². The number of alkyl halides is 2. The highest BCUT2D eigenvalue weighted by Gasteiger charge is 2.28. The maximum absolute atomic E-state index is 13.2. The zero-order valence-electron chi connectivity index (χ0n) is 14.4. The second-order valence-electron chi connectivity index (χ2n) is 6.04. The molecule has 0 spiro atoms. The van der Waals surface area contributed by atoms with Gasteiger partial charge in [-0.15, -0.1) is 0 Å². The van der Waals surface area contributed by atoms with Crippen LogP contribution in [0.2, 0.25) is 10.0 Å². The third kappa shape index (κ3) is 5.34. The molecule has 0 atom stereocenters. The van der Waals surface area contributed by atoms with E-state index in [-0.39, 0.29) is 12.3 Å². The molecule has 142 valence electrons. The van der Waals surface area contributed by atoms with Crippen LogP contribution in [0.5, 0.6) is 0 Å². The Kier molecular flexibility index (Phi) is 5.87. The molecular formula is C19H17Cl2F2N3O. The van der Waals surface area contributed by atoms with Crippen molar-refractivity contribution in [1.29, 1.82) is 0 Å². The smallest absolute Gasteiger partial charge is 0.301 e. The molecule has 0 saturated heterocycles. The van der Waals surface area contributed by atoms with Gasteiger partial charge in [0.15, 0.2) is 11.6 Å². The van der Waals surface area contributed by atoms with Crippen molar-refractivity contribution in [3.63, 3.8) is 0 Å². The van der Waals surface area contributed by atoms with Crippen LogP contribution in [0.25, 0.3) is 0 Å². The number of aromatic nitrogens is 2. The summed E-state index contributed by atoms with van der Waals surface area (Å²) in [6, 6.07) is 9.95. The van der Waals surface area contributed by atoms with Gasteiger partial charge in [-0.3, -0.25) is 4.68 Å². The Bertz CT molecular complexity index is 945. The quantitative estimate of drug-likeness (QED) is 0.509. The summed E-state index contributed by atoms with van der Waals surface area (Å²) in [5.41, 5.74) is 0.964. The molecule has 0 aliphatic carbocycles. The first-order chi connectivity index (χ1) is 12.8. The van der Waals surface area contributed by atoms with Crippen LogP contribution in [0, 0.1) is 0 Å². The summed E-state index contributed by atoms with van der Waals surface area (Å²) in [5, 5.41) is 8.58. The lowest BCUT2D eigenvalue weighted by Gasteiger charge is -2.05. The van der Waals surface area contributed by atoms with Crippen LogP contribution in [0.15, 0.2) is 59.3 Å². The van der Waals surface area contributed by atoms with E-state index in [1.54, 1.807) is 35.3 Å². The molecule has 4 nitrogen and oxygen atoms in total. The maximum atomic E-state index is 13.2. The number of allylic oxidation sites excluding steroid dienone is 1. The van der Waals surface area contributed by atoms with E-state index >= 15 is 0 Å². The normalized spacial score (nSPS) is 12.0. The largest absolute Gasteiger partial charge is 0.458 e. The Labute approximate surface area is 165 Å². The molecule has 0 radical (unpaired) electrons. The van der Waals surface area contributed by atoms with Gasteiger partial charge in [0, 0.05) is 29.2 Å². The number of halogens is 4. The number of hydrogen-bond donors (Lipinski definition) is 1. The molecule has 0 fully saturated rings. The van der Waals surface area contributed by atoms with Gasteiger partial charge in [0.05, 0.1) is 6.54 Å². The highest BCUT2D eigenvalue weighted by molar-refractivity contribution is 6.35. The van der Waals surface area contributed by atoms with E-state index in [0.717, 1.165) is 12.5 Å². The van der Waals surface area contributed by atoms with E-state index in [1.807, 2.05) is 12.1 Å². The Balaban J connectivity index is 1.54. The summed E-state index contributed by atoms with van der Waals surface area (Å²) in [6.07, 6.45) is 6.05. The van der Waals surface area contributed by atoms with Gasteiger partial charge in [-0.05, 0) is 42.4 Å². The summed E-state index contributed by atoms with van der Waals surface area (Å²) < 4.78 is 33.2. The predicted molar refractivity (Wildman–Crippen MR) is 103 cm³/mol. The first-order valence-electron chi connectivity index (χ1n) is 8.17. The molecule has 0 unspecified atom stereocenters. The second-order valence-corrected chi connectivity index (χ2v) is 6.88. The van der Waals surface area contributed by atoms with Crippen molar-refractivity contribution in [1.82, 2.24) is 9.78 Å². The van der Waals surface area contributed by atoms with E-state index in [9.17, 15) is 8.78 Å². The van der Waals surface area contributed by atoms with Crippen LogP contribution in [-0.2, 0) is 18.9 Å². The van der Waals surface area contributed by atoms with Crippen LogP contribution in [0.1, 0.15) is 24.0 Å². The van der Waals surface area contributed by atoms with Crippen LogP contribution in [0.4, 0.5) is 14.6 Å². The van der Waals surface area contributed by atoms with Crippen LogP contribution in [-0.4, -0.2) is 9.78 Å². The minimum absolute atomic E-state index is 0.266. The molecule has 2 aromatic heterocycles. The van der Waals surface area contributed by atoms with Gasteiger partial charge in [-0.2, -0.15) is 13.9 Å². The van der Waals surface area contributed by atoms with E-state index in [0.29, 0.717) is 28.0 Å². The standard InChI is InChI=1S/C19H17Cl2F2N3O/c1-19(22,23)17-7-6-15(27-17)12-26-10-8-18(25-26)24-9-2-3-13-4-5-14(20)11-16(13)21/h2,4-11H,3,12H2,1H3,(H,24,25)/b9-2+. The van der Waals surface area contributed by atoms with Gasteiger partial charge < -0.3 is 9.73 Å². The van der Waals surface area contributed by atoms with Crippen molar-refractivity contribution in [3.8, 4) is 0 Å². The third-order valence-electron chi connectivity index (χ3n) is 3.75. The topological polar surface area (TPSA) is 43.0 Å². The fourth-order valence-corrected chi connectivity index (χ4v) is 2.89. The third-order valence-corrected chi connectivity index (χ3v) is 4.34. The Morgan fingerprint density at radius 3 is 2.74 bits per heavy atom. The molecule has 0 aliphatic heterocycles. The van der Waals surface area contributed by atoms with Crippen molar-refractivity contribution in [2.24, 2.45) is 0 Å². The highest BCUT2D eigenvalue weighted by Crippen LogP contribution is 2.28. The van der Waals surface area contributed by atoms with Gasteiger partial charge in [0.1, 0.15) is 5.76 Å². The lowest BCUT2D eigenvalue weighted by atomic mass is 10.1. The number of rotatable bonds is 7. The SMILES string of the molecule is CC(F)(F)c1ccc(Cn2ccc(N/C=C/Cc3ccc(Cl)cc3Cl)n2)o1. The molecule has 3 aromatic rings. The van der Waals surface area contributed by atoms with Crippen molar-refractivity contribution in [3.05, 3.63) is 82.0 Å². The Morgan fingerprint density at radius 1 is 1.22 bits per heavy atom. The van der Waals surface area contributed by atoms with Gasteiger partial charge in [-0.1, -0.05) is 35.3 Å². The molecule has 1 N–H and O–H groups in total. The van der Waals surface area contributed by atoms with E-state index in [2.05, 4.69) is 10.4 Å². The highest BCUT2D eigenvalue weighted by atomic mass is 35.5. The Morgan fingerprint density at radius 2 is 2.04 bits per heavy atom. The van der Waals surface area contributed by atoms with Gasteiger partial charge >= 0.3 is 5.92 Å². The molecule has 8 heteroatoms. The summed E-state index contributed by atoms with van der Waals surface area (Å²) in [4.78, 5) is 0. The monoisotopic (exact) mass is 411 g/mol. The molecule has 3 rings (SSSR count). The molecule has 2 heterocycles. The molecule has 1 aromatic carbocycles. The first-order valence-corrected chi connectivity index (χ1v) is 8.93. The van der Waals surface area contributed by atoms with Gasteiger partial charge in [0.2, 0.25) is 0 Å². The molecule has 0 saturated carbocycles. The number of nitrogens with zero attached hydrogens (tertiary/aromatic N) is 2. The lowest BCUT2D eigenvalue weighted by Crippen LogP contribution is -2.05. The van der Waals surface area contributed by atoms with Crippen molar-refractivity contribution >= 4 is 29.0 Å². The van der Waals surface area contributed by atoms with Crippen LogP contribution in [0.3, 0.4) is 0 Å². The summed E-state index contributed by atoms with van der Waals surface area (Å²) in [5.74, 6) is -2.31.